The molecule has 1 atom stereocenters. The Balaban J connectivity index is 2.67. The molecule has 0 saturated carbocycles. The molecular formula is C9H19N. The van der Waals surface area contributed by atoms with Gasteiger partial charge in [0.25, 0.3) is 0 Å². The van der Waals surface area contributed by atoms with Crippen molar-refractivity contribution in [3.05, 3.63) is 0 Å². The van der Waals surface area contributed by atoms with E-state index >= 15 is 0 Å². The molecule has 1 N–H and O–H groups in total. The number of hydrogen-bond donors (Lipinski definition) is 1. The van der Waals surface area contributed by atoms with Crippen molar-refractivity contribution in [2.24, 2.45) is 5.41 Å². The van der Waals surface area contributed by atoms with Crippen LogP contribution in [0.25, 0.3) is 0 Å². The Morgan fingerprint density at radius 2 is 1.90 bits per heavy atom. The molecule has 1 heteroatoms. The van der Waals surface area contributed by atoms with Crippen LogP contribution in [-0.2, 0) is 0 Å². The lowest BCUT2D eigenvalue weighted by molar-refractivity contribution is 0.182. The van der Waals surface area contributed by atoms with E-state index in [1.165, 1.54) is 19.4 Å². The van der Waals surface area contributed by atoms with Crippen LogP contribution in [0.2, 0.25) is 0 Å². The second-order valence-corrected chi connectivity index (χ2v) is 4.61. The van der Waals surface area contributed by atoms with Gasteiger partial charge < -0.3 is 5.32 Å². The molecule has 1 heterocycles. The van der Waals surface area contributed by atoms with Gasteiger partial charge in [0.05, 0.1) is 0 Å². The maximum Gasteiger partial charge on any atom is 0.0202 e. The normalized spacial score (nSPS) is 34.8. The molecule has 0 radical (unpaired) electrons. The summed E-state index contributed by atoms with van der Waals surface area (Å²) in [5.41, 5.74) is 0.788. The van der Waals surface area contributed by atoms with Gasteiger partial charge in [-0.2, -0.15) is 0 Å². The van der Waals surface area contributed by atoms with Crippen LogP contribution in [0.4, 0.5) is 0 Å². The molecule has 60 valence electrons. The third kappa shape index (κ3) is 1.20. The van der Waals surface area contributed by atoms with E-state index < -0.39 is 0 Å². The maximum atomic E-state index is 3.57. The minimum atomic E-state index is 0.382. The predicted molar refractivity (Wildman–Crippen MR) is 45.1 cm³/mol. The zero-order valence-electron chi connectivity index (χ0n) is 7.62. The van der Waals surface area contributed by atoms with Gasteiger partial charge in [0, 0.05) is 5.54 Å². The first-order valence-electron chi connectivity index (χ1n) is 4.21. The van der Waals surface area contributed by atoms with Crippen LogP contribution < -0.4 is 5.32 Å². The topological polar surface area (TPSA) is 12.0 Å². The average Bonchev–Trinajstić information content (AvgIpc) is 2.13. The van der Waals surface area contributed by atoms with E-state index in [-0.39, 0.29) is 0 Å². The third-order valence-corrected chi connectivity index (χ3v) is 3.02. The summed E-state index contributed by atoms with van der Waals surface area (Å²) >= 11 is 0. The molecule has 0 spiro atoms. The fourth-order valence-corrected chi connectivity index (χ4v) is 1.53. The van der Waals surface area contributed by atoms with Crippen molar-refractivity contribution in [1.82, 2.24) is 5.32 Å². The Labute approximate surface area is 64.2 Å². The Kier molecular flexibility index (Phi) is 1.80. The summed E-state index contributed by atoms with van der Waals surface area (Å²) in [6.07, 6.45) is 2.67. The maximum absolute atomic E-state index is 3.57. The Hall–Kier alpha value is -0.0400. The second kappa shape index (κ2) is 2.23. The fourth-order valence-electron chi connectivity index (χ4n) is 1.53. The van der Waals surface area contributed by atoms with Crippen LogP contribution in [0.5, 0.6) is 0 Å². The van der Waals surface area contributed by atoms with Crippen molar-refractivity contribution in [2.45, 2.75) is 46.1 Å². The molecule has 0 aromatic carbocycles. The number of nitrogens with one attached hydrogen (secondary N) is 1. The highest BCUT2D eigenvalue weighted by Crippen LogP contribution is 2.36. The van der Waals surface area contributed by atoms with Crippen molar-refractivity contribution in [3.8, 4) is 0 Å². The zero-order valence-corrected chi connectivity index (χ0v) is 7.62. The van der Waals surface area contributed by atoms with E-state index in [0.717, 1.165) is 0 Å². The monoisotopic (exact) mass is 141 g/mol. The average molecular weight is 141 g/mol. The van der Waals surface area contributed by atoms with Crippen LogP contribution in [0.1, 0.15) is 40.5 Å². The van der Waals surface area contributed by atoms with Crippen LogP contribution in [0.3, 0.4) is 0 Å². The summed E-state index contributed by atoms with van der Waals surface area (Å²) in [5.74, 6) is 0. The van der Waals surface area contributed by atoms with Gasteiger partial charge in [-0.1, -0.05) is 20.8 Å². The minimum absolute atomic E-state index is 0.382. The lowest BCUT2D eigenvalue weighted by atomic mass is 9.74. The molecule has 0 aromatic rings. The molecular weight excluding hydrogens is 122 g/mol. The Morgan fingerprint density at radius 3 is 2.10 bits per heavy atom. The van der Waals surface area contributed by atoms with Gasteiger partial charge in [-0.05, 0) is 31.7 Å². The first-order valence-corrected chi connectivity index (χ1v) is 4.21. The molecule has 1 saturated heterocycles. The van der Waals surface area contributed by atoms with Crippen LogP contribution in [-0.4, -0.2) is 12.1 Å². The SMILES string of the molecule is CC(C)(C)C1(C)CCCN1. The molecule has 1 unspecified atom stereocenters. The van der Waals surface area contributed by atoms with Gasteiger partial charge in [0.15, 0.2) is 0 Å². The number of rotatable bonds is 0. The van der Waals surface area contributed by atoms with Crippen LogP contribution in [0, 0.1) is 5.41 Å². The summed E-state index contributed by atoms with van der Waals surface area (Å²) in [7, 11) is 0. The Bertz CT molecular complexity index is 115. The van der Waals surface area contributed by atoms with Gasteiger partial charge in [0.2, 0.25) is 0 Å². The summed E-state index contributed by atoms with van der Waals surface area (Å²) in [5, 5.41) is 3.57. The van der Waals surface area contributed by atoms with E-state index in [9.17, 15) is 0 Å². The van der Waals surface area contributed by atoms with Crippen molar-refractivity contribution >= 4 is 0 Å². The van der Waals surface area contributed by atoms with Gasteiger partial charge >= 0.3 is 0 Å². The standard InChI is InChI=1S/C9H19N/c1-8(2,3)9(4)6-5-7-10-9/h10H,5-7H2,1-4H3. The van der Waals surface area contributed by atoms with Crippen molar-refractivity contribution in [3.63, 3.8) is 0 Å². The fraction of sp³-hybridized carbons (Fsp3) is 1.00. The van der Waals surface area contributed by atoms with E-state index in [0.29, 0.717) is 11.0 Å². The third-order valence-electron chi connectivity index (χ3n) is 3.02. The first kappa shape index (κ1) is 8.06. The van der Waals surface area contributed by atoms with E-state index in [1.54, 1.807) is 0 Å². The van der Waals surface area contributed by atoms with Crippen molar-refractivity contribution in [2.75, 3.05) is 6.54 Å². The van der Waals surface area contributed by atoms with Gasteiger partial charge in [-0.15, -0.1) is 0 Å². The van der Waals surface area contributed by atoms with Gasteiger partial charge in [-0.25, -0.2) is 0 Å². The van der Waals surface area contributed by atoms with Crippen molar-refractivity contribution in [1.29, 1.82) is 0 Å². The minimum Gasteiger partial charge on any atom is -0.311 e. The van der Waals surface area contributed by atoms with E-state index in [4.69, 9.17) is 0 Å². The van der Waals surface area contributed by atoms with Crippen LogP contribution in [0.15, 0.2) is 0 Å². The molecule has 0 amide bonds. The predicted octanol–water partition coefficient (Wildman–Crippen LogP) is 2.17. The molecule has 0 aromatic heterocycles. The molecule has 1 fully saturated rings. The molecule has 1 rings (SSSR count). The van der Waals surface area contributed by atoms with Gasteiger partial charge in [0.1, 0.15) is 0 Å². The summed E-state index contributed by atoms with van der Waals surface area (Å²) in [6, 6.07) is 0. The molecule has 1 nitrogen and oxygen atoms in total. The largest absolute Gasteiger partial charge is 0.311 e. The van der Waals surface area contributed by atoms with E-state index in [2.05, 4.69) is 33.0 Å². The van der Waals surface area contributed by atoms with Crippen molar-refractivity contribution < 1.29 is 0 Å². The summed E-state index contributed by atoms with van der Waals surface area (Å²) in [4.78, 5) is 0. The second-order valence-electron chi connectivity index (χ2n) is 4.61. The summed E-state index contributed by atoms with van der Waals surface area (Å²) in [6.45, 7) is 10.5. The highest BCUT2D eigenvalue weighted by Gasteiger charge is 2.38. The molecule has 10 heavy (non-hydrogen) atoms. The highest BCUT2D eigenvalue weighted by atomic mass is 15.0. The van der Waals surface area contributed by atoms with Gasteiger partial charge in [-0.3, -0.25) is 0 Å². The first-order chi connectivity index (χ1) is 4.46. The lowest BCUT2D eigenvalue weighted by Gasteiger charge is -2.38. The zero-order chi connectivity index (χ0) is 7.83. The molecule has 1 aliphatic heterocycles. The Morgan fingerprint density at radius 1 is 1.30 bits per heavy atom. The molecule has 1 aliphatic rings. The lowest BCUT2D eigenvalue weighted by Crippen LogP contribution is -2.47. The highest BCUT2D eigenvalue weighted by molar-refractivity contribution is 4.97. The van der Waals surface area contributed by atoms with Crippen LogP contribution >= 0.6 is 0 Å². The van der Waals surface area contributed by atoms with E-state index in [1.807, 2.05) is 0 Å². The molecule has 0 aliphatic carbocycles. The summed E-state index contributed by atoms with van der Waals surface area (Å²) < 4.78 is 0. The number of hydrogen-bond acceptors (Lipinski definition) is 1. The smallest absolute Gasteiger partial charge is 0.0202 e. The quantitative estimate of drug-likeness (QED) is 0.545. The molecule has 0 bridgehead atoms.